The number of fused-ring (bicyclic) bond motifs is 1. The first-order valence-electron chi connectivity index (χ1n) is 5.52. The molecule has 0 fully saturated rings. The van der Waals surface area contributed by atoms with Gasteiger partial charge in [0.25, 0.3) is 0 Å². The van der Waals surface area contributed by atoms with Crippen LogP contribution in [0.4, 0.5) is 5.69 Å². The Balaban J connectivity index is 2.19. The predicted molar refractivity (Wildman–Crippen MR) is 75.3 cm³/mol. The SMILES string of the molecule is Cc1ccc(-c2nc3c(N)cc(Br)cn3n2)cc1. The number of nitrogens with two attached hydrogens (primary N) is 1. The third-order valence-electron chi connectivity index (χ3n) is 2.74. The van der Waals surface area contributed by atoms with E-state index in [-0.39, 0.29) is 0 Å². The van der Waals surface area contributed by atoms with Crippen LogP contribution in [0.15, 0.2) is 41.0 Å². The van der Waals surface area contributed by atoms with Crippen molar-refractivity contribution in [2.45, 2.75) is 6.92 Å². The molecule has 4 nitrogen and oxygen atoms in total. The van der Waals surface area contributed by atoms with Crippen molar-refractivity contribution in [2.24, 2.45) is 0 Å². The Labute approximate surface area is 113 Å². The highest BCUT2D eigenvalue weighted by molar-refractivity contribution is 9.10. The fraction of sp³-hybridized carbons (Fsp3) is 0.0769. The number of aryl methyl sites for hydroxylation is 1. The lowest BCUT2D eigenvalue weighted by Gasteiger charge is -1.96. The Morgan fingerprint density at radius 3 is 2.67 bits per heavy atom. The molecule has 0 radical (unpaired) electrons. The lowest BCUT2D eigenvalue weighted by Crippen LogP contribution is -1.93. The van der Waals surface area contributed by atoms with E-state index in [1.165, 1.54) is 5.56 Å². The highest BCUT2D eigenvalue weighted by Gasteiger charge is 2.09. The monoisotopic (exact) mass is 302 g/mol. The van der Waals surface area contributed by atoms with Crippen molar-refractivity contribution in [1.82, 2.24) is 14.6 Å². The number of benzene rings is 1. The molecule has 90 valence electrons. The van der Waals surface area contributed by atoms with Gasteiger partial charge in [0.05, 0.1) is 5.69 Å². The molecule has 2 N–H and O–H groups in total. The van der Waals surface area contributed by atoms with E-state index in [0.29, 0.717) is 17.2 Å². The van der Waals surface area contributed by atoms with E-state index in [2.05, 4.69) is 32.9 Å². The molecule has 2 heterocycles. The van der Waals surface area contributed by atoms with Gasteiger partial charge in [-0.3, -0.25) is 0 Å². The molecule has 0 aliphatic rings. The van der Waals surface area contributed by atoms with Crippen molar-refractivity contribution in [2.75, 3.05) is 5.73 Å². The molecule has 0 aliphatic carbocycles. The van der Waals surface area contributed by atoms with Crippen LogP contribution in [0, 0.1) is 6.92 Å². The highest BCUT2D eigenvalue weighted by Crippen LogP contribution is 2.22. The van der Waals surface area contributed by atoms with E-state index in [4.69, 9.17) is 5.73 Å². The molecular weight excluding hydrogens is 292 g/mol. The Bertz CT molecular complexity index is 716. The largest absolute Gasteiger partial charge is 0.396 e. The summed E-state index contributed by atoms with van der Waals surface area (Å²) in [5.41, 5.74) is 9.40. The lowest BCUT2D eigenvalue weighted by molar-refractivity contribution is 0.962. The van der Waals surface area contributed by atoms with Crippen LogP contribution in [-0.4, -0.2) is 14.6 Å². The predicted octanol–water partition coefficient (Wildman–Crippen LogP) is 3.05. The quantitative estimate of drug-likeness (QED) is 0.751. The van der Waals surface area contributed by atoms with Gasteiger partial charge in [-0.05, 0) is 28.9 Å². The summed E-state index contributed by atoms with van der Waals surface area (Å²) in [7, 11) is 0. The molecule has 0 unspecified atom stereocenters. The van der Waals surface area contributed by atoms with Crippen molar-refractivity contribution < 1.29 is 0 Å². The van der Waals surface area contributed by atoms with E-state index >= 15 is 0 Å². The van der Waals surface area contributed by atoms with Gasteiger partial charge < -0.3 is 5.73 Å². The first-order valence-corrected chi connectivity index (χ1v) is 6.31. The van der Waals surface area contributed by atoms with Gasteiger partial charge in [0.15, 0.2) is 11.5 Å². The number of hydrogen-bond donors (Lipinski definition) is 1. The van der Waals surface area contributed by atoms with E-state index in [1.807, 2.05) is 36.5 Å². The normalized spacial score (nSPS) is 11.0. The second kappa shape index (κ2) is 4.10. The number of pyridine rings is 1. The molecule has 0 amide bonds. The smallest absolute Gasteiger partial charge is 0.182 e. The van der Waals surface area contributed by atoms with Crippen molar-refractivity contribution >= 4 is 27.3 Å². The Hall–Kier alpha value is -1.88. The van der Waals surface area contributed by atoms with Gasteiger partial charge in [-0.25, -0.2) is 9.50 Å². The fourth-order valence-electron chi connectivity index (χ4n) is 1.80. The molecule has 0 atom stereocenters. The number of halogens is 1. The second-order valence-corrected chi connectivity index (χ2v) is 5.10. The van der Waals surface area contributed by atoms with Crippen LogP contribution in [0.2, 0.25) is 0 Å². The fourth-order valence-corrected chi connectivity index (χ4v) is 2.24. The molecule has 0 saturated heterocycles. The maximum atomic E-state index is 5.92. The average Bonchev–Trinajstić information content (AvgIpc) is 2.74. The molecule has 5 heteroatoms. The van der Waals surface area contributed by atoms with Gasteiger partial charge in [0, 0.05) is 16.2 Å². The number of anilines is 1. The van der Waals surface area contributed by atoms with Crippen LogP contribution >= 0.6 is 15.9 Å². The van der Waals surface area contributed by atoms with Gasteiger partial charge in [-0.15, -0.1) is 5.10 Å². The molecule has 0 saturated carbocycles. The summed E-state index contributed by atoms with van der Waals surface area (Å²) in [5, 5.41) is 4.43. The zero-order valence-corrected chi connectivity index (χ0v) is 11.3. The van der Waals surface area contributed by atoms with E-state index in [1.54, 1.807) is 4.52 Å². The van der Waals surface area contributed by atoms with E-state index in [9.17, 15) is 0 Å². The van der Waals surface area contributed by atoms with Crippen molar-refractivity contribution in [1.29, 1.82) is 0 Å². The first-order chi connectivity index (χ1) is 8.63. The maximum absolute atomic E-state index is 5.92. The third kappa shape index (κ3) is 1.86. The first kappa shape index (κ1) is 11.2. The maximum Gasteiger partial charge on any atom is 0.182 e. The average molecular weight is 303 g/mol. The highest BCUT2D eigenvalue weighted by atomic mass is 79.9. The van der Waals surface area contributed by atoms with Gasteiger partial charge in [-0.2, -0.15) is 0 Å². The zero-order valence-electron chi connectivity index (χ0n) is 9.76. The number of nitrogens with zero attached hydrogens (tertiary/aromatic N) is 3. The second-order valence-electron chi connectivity index (χ2n) is 4.18. The van der Waals surface area contributed by atoms with Crippen LogP contribution < -0.4 is 5.73 Å². The molecular formula is C13H11BrN4. The van der Waals surface area contributed by atoms with Crippen LogP contribution in [-0.2, 0) is 0 Å². The topological polar surface area (TPSA) is 56.2 Å². The molecule has 1 aromatic carbocycles. The van der Waals surface area contributed by atoms with Crippen molar-refractivity contribution in [3.05, 3.63) is 46.6 Å². The molecule has 0 spiro atoms. The van der Waals surface area contributed by atoms with Gasteiger partial charge >= 0.3 is 0 Å². The number of aromatic nitrogens is 3. The summed E-state index contributed by atoms with van der Waals surface area (Å²) in [4.78, 5) is 4.46. The molecule has 0 aliphatic heterocycles. The molecule has 18 heavy (non-hydrogen) atoms. The Morgan fingerprint density at radius 1 is 1.22 bits per heavy atom. The summed E-state index contributed by atoms with van der Waals surface area (Å²) < 4.78 is 2.57. The van der Waals surface area contributed by atoms with E-state index in [0.717, 1.165) is 10.0 Å². The lowest BCUT2D eigenvalue weighted by atomic mass is 10.1. The summed E-state index contributed by atoms with van der Waals surface area (Å²) in [6, 6.07) is 9.92. The minimum absolute atomic E-state index is 0.607. The van der Waals surface area contributed by atoms with Gasteiger partial charge in [0.1, 0.15) is 0 Å². The Kier molecular flexibility index (Phi) is 2.56. The number of nitrogen functional groups attached to an aromatic ring is 1. The summed E-state index contributed by atoms with van der Waals surface area (Å²) >= 11 is 3.39. The van der Waals surface area contributed by atoms with Crippen molar-refractivity contribution in [3.8, 4) is 11.4 Å². The summed E-state index contributed by atoms with van der Waals surface area (Å²) in [6.45, 7) is 2.05. The Morgan fingerprint density at radius 2 is 1.94 bits per heavy atom. The van der Waals surface area contributed by atoms with E-state index < -0.39 is 0 Å². The molecule has 2 aromatic heterocycles. The third-order valence-corrected chi connectivity index (χ3v) is 3.17. The standard InChI is InChI=1S/C13H11BrN4/c1-8-2-4-9(5-3-8)12-16-13-11(15)6-10(14)7-18(13)17-12/h2-7H,15H2,1H3. The van der Waals surface area contributed by atoms with Crippen LogP contribution in [0.5, 0.6) is 0 Å². The van der Waals surface area contributed by atoms with Gasteiger partial charge in [0.2, 0.25) is 0 Å². The number of hydrogen-bond acceptors (Lipinski definition) is 3. The number of rotatable bonds is 1. The summed E-state index contributed by atoms with van der Waals surface area (Å²) in [6.07, 6.45) is 1.84. The molecule has 3 aromatic rings. The van der Waals surface area contributed by atoms with Crippen LogP contribution in [0.1, 0.15) is 5.56 Å². The zero-order chi connectivity index (χ0) is 12.7. The van der Waals surface area contributed by atoms with Crippen LogP contribution in [0.3, 0.4) is 0 Å². The molecule has 0 bridgehead atoms. The molecule has 3 rings (SSSR count). The van der Waals surface area contributed by atoms with Gasteiger partial charge in [-0.1, -0.05) is 29.8 Å². The minimum atomic E-state index is 0.607. The summed E-state index contributed by atoms with van der Waals surface area (Å²) in [5.74, 6) is 0.680. The van der Waals surface area contributed by atoms with Crippen molar-refractivity contribution in [3.63, 3.8) is 0 Å². The van der Waals surface area contributed by atoms with Crippen LogP contribution in [0.25, 0.3) is 17.0 Å². The minimum Gasteiger partial charge on any atom is -0.396 e.